The van der Waals surface area contributed by atoms with E-state index in [0.717, 1.165) is 35.9 Å². The summed E-state index contributed by atoms with van der Waals surface area (Å²) in [6.45, 7) is 1.38. The molecular formula is C23H17F4N3O. The van der Waals surface area contributed by atoms with Crippen LogP contribution in [0.4, 0.5) is 17.6 Å². The zero-order chi connectivity index (χ0) is 21.9. The summed E-state index contributed by atoms with van der Waals surface area (Å²) in [4.78, 5) is 14.9. The number of alkyl halides is 3. The fourth-order valence-corrected chi connectivity index (χ4v) is 4.45. The van der Waals surface area contributed by atoms with Gasteiger partial charge in [0.15, 0.2) is 0 Å². The number of aromatic nitrogens is 1. The van der Waals surface area contributed by atoms with E-state index < -0.39 is 23.5 Å². The van der Waals surface area contributed by atoms with Crippen molar-refractivity contribution in [1.29, 1.82) is 0 Å². The summed E-state index contributed by atoms with van der Waals surface area (Å²) in [5.74, 6) is -1.51. The fourth-order valence-electron chi connectivity index (χ4n) is 4.45. The van der Waals surface area contributed by atoms with E-state index in [1.807, 2.05) is 12.1 Å². The zero-order valence-corrected chi connectivity index (χ0v) is 16.2. The van der Waals surface area contributed by atoms with Gasteiger partial charge in [0.25, 0.3) is 5.91 Å². The maximum absolute atomic E-state index is 15.5. The molecule has 1 aromatic heterocycles. The predicted molar refractivity (Wildman–Crippen MR) is 110 cm³/mol. The van der Waals surface area contributed by atoms with Gasteiger partial charge in [0.1, 0.15) is 5.82 Å². The molecule has 31 heavy (non-hydrogen) atoms. The van der Waals surface area contributed by atoms with Crippen LogP contribution in [-0.2, 0) is 19.1 Å². The Morgan fingerprint density at radius 1 is 1.10 bits per heavy atom. The monoisotopic (exact) mass is 427 g/mol. The lowest BCUT2D eigenvalue weighted by molar-refractivity contribution is -0.137. The predicted octanol–water partition coefficient (Wildman–Crippen LogP) is 4.89. The van der Waals surface area contributed by atoms with Crippen LogP contribution < -0.4 is 11.1 Å². The molecule has 4 N–H and O–H groups in total. The number of nitrogens with two attached hydrogens (primary N) is 1. The third-order valence-electron chi connectivity index (χ3n) is 5.83. The van der Waals surface area contributed by atoms with Crippen molar-refractivity contribution in [3.63, 3.8) is 0 Å². The van der Waals surface area contributed by atoms with E-state index in [4.69, 9.17) is 5.73 Å². The molecule has 0 radical (unpaired) electrons. The topological polar surface area (TPSA) is 70.9 Å². The van der Waals surface area contributed by atoms with Crippen LogP contribution in [0.5, 0.6) is 0 Å². The van der Waals surface area contributed by atoms with Gasteiger partial charge >= 0.3 is 6.18 Å². The maximum atomic E-state index is 15.5. The van der Waals surface area contributed by atoms with Gasteiger partial charge in [0.2, 0.25) is 0 Å². The van der Waals surface area contributed by atoms with Gasteiger partial charge in [-0.3, -0.25) is 4.79 Å². The molecule has 0 fully saturated rings. The molecule has 4 nitrogen and oxygen atoms in total. The Labute approximate surface area is 174 Å². The van der Waals surface area contributed by atoms with Crippen LogP contribution in [0.2, 0.25) is 0 Å². The summed E-state index contributed by atoms with van der Waals surface area (Å²) in [5, 5.41) is 4.02. The molecular weight excluding hydrogens is 410 g/mol. The van der Waals surface area contributed by atoms with Gasteiger partial charge in [-0.25, -0.2) is 4.39 Å². The Balaban J connectivity index is 1.91. The Bertz CT molecular complexity index is 1370. The molecule has 1 amide bonds. The first-order valence-corrected chi connectivity index (χ1v) is 9.72. The lowest BCUT2D eigenvalue weighted by atomic mass is 9.88. The number of halogens is 4. The van der Waals surface area contributed by atoms with Gasteiger partial charge in [0, 0.05) is 28.4 Å². The Morgan fingerprint density at radius 2 is 1.90 bits per heavy atom. The van der Waals surface area contributed by atoms with Gasteiger partial charge in [0.05, 0.1) is 16.6 Å². The SMILES string of the molecule is NC(=O)c1cc(F)c(-c2cccc3c2CCNC3)c2c1[nH]c1cc(C(F)(F)F)ccc12. The van der Waals surface area contributed by atoms with Crippen LogP contribution in [0, 0.1) is 5.82 Å². The van der Waals surface area contributed by atoms with Crippen molar-refractivity contribution in [2.45, 2.75) is 19.1 Å². The third-order valence-corrected chi connectivity index (χ3v) is 5.83. The quantitative estimate of drug-likeness (QED) is 0.399. The minimum absolute atomic E-state index is 0.104. The van der Waals surface area contributed by atoms with E-state index >= 15 is 4.39 Å². The molecule has 0 saturated carbocycles. The molecule has 0 bridgehead atoms. The summed E-state index contributed by atoms with van der Waals surface area (Å²) >= 11 is 0. The molecule has 158 valence electrons. The van der Waals surface area contributed by atoms with Crippen molar-refractivity contribution < 1.29 is 22.4 Å². The fraction of sp³-hybridized carbons (Fsp3) is 0.174. The van der Waals surface area contributed by atoms with E-state index in [2.05, 4.69) is 10.3 Å². The first kappa shape index (κ1) is 19.6. The van der Waals surface area contributed by atoms with E-state index in [-0.39, 0.29) is 22.2 Å². The second-order valence-electron chi connectivity index (χ2n) is 7.65. The number of hydrogen-bond donors (Lipinski definition) is 3. The van der Waals surface area contributed by atoms with Gasteiger partial charge in [-0.2, -0.15) is 13.2 Å². The van der Waals surface area contributed by atoms with E-state index in [9.17, 15) is 18.0 Å². The number of benzene rings is 3. The van der Waals surface area contributed by atoms with Crippen LogP contribution >= 0.6 is 0 Å². The Hall–Kier alpha value is -3.39. The van der Waals surface area contributed by atoms with E-state index in [1.165, 1.54) is 6.07 Å². The van der Waals surface area contributed by atoms with Crippen molar-refractivity contribution >= 4 is 27.7 Å². The number of fused-ring (bicyclic) bond motifs is 4. The number of primary amides is 1. The number of rotatable bonds is 2. The summed E-state index contributed by atoms with van der Waals surface area (Å²) in [6.07, 6.45) is -3.85. The standard InChI is InChI=1S/C23H17F4N3O/c24-17-9-16(22(28)31)21-20(15-5-4-12(23(25,26)27)8-18(15)30-21)19(17)14-3-1-2-11-10-29-7-6-13(11)14/h1-5,8-9,29-30H,6-7,10H2,(H2,28,31). The van der Waals surface area contributed by atoms with Gasteiger partial charge in [-0.05, 0) is 47.9 Å². The second kappa shape index (κ2) is 6.81. The molecule has 0 aliphatic carbocycles. The van der Waals surface area contributed by atoms with Crippen LogP contribution in [0.1, 0.15) is 27.0 Å². The number of carbonyl (C=O) groups is 1. The molecule has 8 heteroatoms. The highest BCUT2D eigenvalue weighted by molar-refractivity contribution is 6.20. The highest BCUT2D eigenvalue weighted by atomic mass is 19.4. The molecule has 0 spiro atoms. The molecule has 3 aromatic carbocycles. The first-order chi connectivity index (χ1) is 14.8. The van der Waals surface area contributed by atoms with Gasteiger partial charge in [-0.15, -0.1) is 0 Å². The van der Waals surface area contributed by atoms with Gasteiger partial charge < -0.3 is 16.0 Å². The van der Waals surface area contributed by atoms with E-state index in [0.29, 0.717) is 29.3 Å². The number of carbonyl (C=O) groups excluding carboxylic acids is 1. The van der Waals surface area contributed by atoms with Gasteiger partial charge in [-0.1, -0.05) is 24.3 Å². The van der Waals surface area contributed by atoms with Crippen molar-refractivity contribution in [3.05, 3.63) is 70.5 Å². The molecule has 4 aromatic rings. The van der Waals surface area contributed by atoms with E-state index in [1.54, 1.807) is 6.07 Å². The summed E-state index contributed by atoms with van der Waals surface area (Å²) in [5.41, 5.74) is 7.84. The smallest absolute Gasteiger partial charge is 0.366 e. The molecule has 0 saturated heterocycles. The third kappa shape index (κ3) is 3.06. The largest absolute Gasteiger partial charge is 0.416 e. The summed E-state index contributed by atoms with van der Waals surface area (Å²) in [7, 11) is 0. The minimum Gasteiger partial charge on any atom is -0.366 e. The lowest BCUT2D eigenvalue weighted by Gasteiger charge is -2.21. The highest BCUT2D eigenvalue weighted by Crippen LogP contribution is 2.42. The van der Waals surface area contributed by atoms with Crippen molar-refractivity contribution in [1.82, 2.24) is 10.3 Å². The molecule has 0 unspecified atom stereocenters. The average Bonchev–Trinajstić information content (AvgIpc) is 3.11. The van der Waals surface area contributed by atoms with Crippen molar-refractivity contribution in [2.24, 2.45) is 5.73 Å². The number of amides is 1. The number of H-pyrrole nitrogens is 1. The lowest BCUT2D eigenvalue weighted by Crippen LogP contribution is -2.24. The zero-order valence-electron chi connectivity index (χ0n) is 16.2. The molecule has 5 rings (SSSR count). The van der Waals surface area contributed by atoms with Crippen LogP contribution in [0.15, 0.2) is 42.5 Å². The van der Waals surface area contributed by atoms with Crippen molar-refractivity contribution in [2.75, 3.05) is 6.54 Å². The number of nitrogens with one attached hydrogen (secondary N) is 2. The molecule has 1 aliphatic rings. The van der Waals surface area contributed by atoms with Crippen LogP contribution in [-0.4, -0.2) is 17.4 Å². The van der Waals surface area contributed by atoms with Crippen molar-refractivity contribution in [3.8, 4) is 11.1 Å². The number of hydrogen-bond acceptors (Lipinski definition) is 2. The summed E-state index contributed by atoms with van der Waals surface area (Å²) in [6, 6.07) is 9.87. The minimum atomic E-state index is -4.53. The summed E-state index contributed by atoms with van der Waals surface area (Å²) < 4.78 is 55.1. The molecule has 2 heterocycles. The van der Waals surface area contributed by atoms with Crippen LogP contribution in [0.3, 0.4) is 0 Å². The maximum Gasteiger partial charge on any atom is 0.416 e. The average molecular weight is 427 g/mol. The number of aromatic amines is 1. The Morgan fingerprint density at radius 3 is 2.65 bits per heavy atom. The Kier molecular flexibility index (Phi) is 4.30. The molecule has 0 atom stereocenters. The van der Waals surface area contributed by atoms with Crippen LogP contribution in [0.25, 0.3) is 32.9 Å². The second-order valence-corrected chi connectivity index (χ2v) is 7.65. The molecule has 1 aliphatic heterocycles. The first-order valence-electron chi connectivity index (χ1n) is 9.72. The normalized spacial score (nSPS) is 14.2. The highest BCUT2D eigenvalue weighted by Gasteiger charge is 2.31.